The highest BCUT2D eigenvalue weighted by atomic mass is 16.5. The first-order chi connectivity index (χ1) is 10.1. The van der Waals surface area contributed by atoms with Crippen LogP contribution in [0.2, 0.25) is 0 Å². The van der Waals surface area contributed by atoms with Crippen molar-refractivity contribution in [2.45, 2.75) is 52.6 Å². The lowest BCUT2D eigenvalue weighted by Gasteiger charge is -2.23. The SMILES string of the molecule is CC(C)Oc1ccccc1CC(=O)N1CCCC[C@@H](C)C1. The van der Waals surface area contributed by atoms with E-state index < -0.39 is 0 Å². The van der Waals surface area contributed by atoms with Crippen LogP contribution in [0.15, 0.2) is 24.3 Å². The number of benzene rings is 1. The van der Waals surface area contributed by atoms with E-state index in [0.717, 1.165) is 30.8 Å². The molecule has 3 nitrogen and oxygen atoms in total. The van der Waals surface area contributed by atoms with Crippen LogP contribution in [0.25, 0.3) is 0 Å². The third-order valence-corrected chi connectivity index (χ3v) is 3.94. The summed E-state index contributed by atoms with van der Waals surface area (Å²) in [5.74, 6) is 1.67. The number of rotatable bonds is 4. The fourth-order valence-corrected chi connectivity index (χ4v) is 2.87. The van der Waals surface area contributed by atoms with Gasteiger partial charge >= 0.3 is 0 Å². The van der Waals surface area contributed by atoms with E-state index in [2.05, 4.69) is 6.92 Å². The van der Waals surface area contributed by atoms with Gasteiger partial charge in [0.15, 0.2) is 0 Å². The van der Waals surface area contributed by atoms with E-state index in [1.54, 1.807) is 0 Å². The van der Waals surface area contributed by atoms with Crippen molar-refractivity contribution in [1.29, 1.82) is 0 Å². The number of carbonyl (C=O) groups excluding carboxylic acids is 1. The molecule has 1 amide bonds. The highest BCUT2D eigenvalue weighted by molar-refractivity contribution is 5.79. The second kappa shape index (κ2) is 7.48. The molecule has 1 atom stereocenters. The Hall–Kier alpha value is -1.51. The molecule has 2 rings (SSSR count). The van der Waals surface area contributed by atoms with Gasteiger partial charge in [-0.3, -0.25) is 4.79 Å². The van der Waals surface area contributed by atoms with Gasteiger partial charge in [-0.15, -0.1) is 0 Å². The van der Waals surface area contributed by atoms with Crippen LogP contribution in [0.5, 0.6) is 5.75 Å². The summed E-state index contributed by atoms with van der Waals surface area (Å²) in [7, 11) is 0. The van der Waals surface area contributed by atoms with Crippen molar-refractivity contribution in [1.82, 2.24) is 4.90 Å². The zero-order chi connectivity index (χ0) is 15.2. The van der Waals surface area contributed by atoms with E-state index in [1.807, 2.05) is 43.0 Å². The molecule has 1 heterocycles. The number of likely N-dealkylation sites (tertiary alicyclic amines) is 1. The first kappa shape index (κ1) is 15.9. The summed E-state index contributed by atoms with van der Waals surface area (Å²) in [5, 5.41) is 0. The van der Waals surface area contributed by atoms with E-state index in [-0.39, 0.29) is 12.0 Å². The third kappa shape index (κ3) is 4.76. The Morgan fingerprint density at radius 3 is 2.86 bits per heavy atom. The van der Waals surface area contributed by atoms with Crippen molar-refractivity contribution in [3.05, 3.63) is 29.8 Å². The molecule has 0 aromatic heterocycles. The molecule has 1 aromatic carbocycles. The standard InChI is InChI=1S/C18H27NO2/c1-14(2)21-17-10-5-4-9-16(17)12-18(20)19-11-7-6-8-15(3)13-19/h4-5,9-10,14-15H,6-8,11-13H2,1-3H3/t15-/m1/s1. The molecular weight excluding hydrogens is 262 g/mol. The molecule has 1 aliphatic rings. The van der Waals surface area contributed by atoms with Crippen LogP contribution < -0.4 is 4.74 Å². The first-order valence-corrected chi connectivity index (χ1v) is 8.08. The predicted molar refractivity (Wildman–Crippen MR) is 85.5 cm³/mol. The number of nitrogens with zero attached hydrogens (tertiary/aromatic N) is 1. The van der Waals surface area contributed by atoms with Crippen LogP contribution in [-0.4, -0.2) is 30.0 Å². The van der Waals surface area contributed by atoms with E-state index in [9.17, 15) is 4.79 Å². The predicted octanol–water partition coefficient (Wildman–Crippen LogP) is 3.66. The molecule has 1 aromatic rings. The molecule has 0 spiro atoms. The average molecular weight is 289 g/mol. The van der Waals surface area contributed by atoms with Crippen molar-refractivity contribution >= 4 is 5.91 Å². The number of hydrogen-bond acceptors (Lipinski definition) is 2. The van der Waals surface area contributed by atoms with Gasteiger partial charge in [0.05, 0.1) is 12.5 Å². The van der Waals surface area contributed by atoms with Gasteiger partial charge in [-0.05, 0) is 38.7 Å². The summed E-state index contributed by atoms with van der Waals surface area (Å²) in [5.41, 5.74) is 0.994. The van der Waals surface area contributed by atoms with E-state index in [0.29, 0.717) is 12.3 Å². The Kier molecular flexibility index (Phi) is 5.66. The fourth-order valence-electron chi connectivity index (χ4n) is 2.87. The molecule has 1 aliphatic heterocycles. The zero-order valence-electron chi connectivity index (χ0n) is 13.5. The largest absolute Gasteiger partial charge is 0.491 e. The maximum absolute atomic E-state index is 12.6. The van der Waals surface area contributed by atoms with Crippen molar-refractivity contribution in [2.24, 2.45) is 5.92 Å². The van der Waals surface area contributed by atoms with Gasteiger partial charge in [0, 0.05) is 18.7 Å². The normalized spacial score (nSPS) is 19.4. The molecule has 0 saturated carbocycles. The molecule has 116 valence electrons. The summed E-state index contributed by atoms with van der Waals surface area (Å²) in [6.07, 6.45) is 4.16. The van der Waals surface area contributed by atoms with Gasteiger partial charge in [-0.25, -0.2) is 0 Å². The number of ether oxygens (including phenoxy) is 1. The highest BCUT2D eigenvalue weighted by Crippen LogP contribution is 2.22. The smallest absolute Gasteiger partial charge is 0.227 e. The van der Waals surface area contributed by atoms with Crippen molar-refractivity contribution in [2.75, 3.05) is 13.1 Å². The van der Waals surface area contributed by atoms with Crippen molar-refractivity contribution in [3.63, 3.8) is 0 Å². The Bertz CT molecular complexity index is 470. The Balaban J connectivity index is 2.05. The second-order valence-corrected chi connectivity index (χ2v) is 6.39. The van der Waals surface area contributed by atoms with Crippen molar-refractivity contribution in [3.8, 4) is 5.75 Å². The molecule has 0 bridgehead atoms. The minimum Gasteiger partial charge on any atom is -0.491 e. The lowest BCUT2D eigenvalue weighted by atomic mass is 10.1. The number of hydrogen-bond donors (Lipinski definition) is 0. The molecule has 0 N–H and O–H groups in total. The molecular formula is C18H27NO2. The Morgan fingerprint density at radius 1 is 1.33 bits per heavy atom. The minimum absolute atomic E-state index is 0.125. The summed E-state index contributed by atoms with van der Waals surface area (Å²) in [6.45, 7) is 8.05. The van der Waals surface area contributed by atoms with Gasteiger partial charge < -0.3 is 9.64 Å². The average Bonchev–Trinajstić information content (AvgIpc) is 2.65. The molecule has 1 fully saturated rings. The van der Waals surface area contributed by atoms with Gasteiger partial charge in [0.2, 0.25) is 5.91 Å². The van der Waals surface area contributed by atoms with Gasteiger partial charge in [-0.2, -0.15) is 0 Å². The maximum atomic E-state index is 12.6. The molecule has 0 unspecified atom stereocenters. The number of amides is 1. The summed E-state index contributed by atoms with van der Waals surface area (Å²) < 4.78 is 5.81. The number of para-hydroxylation sites is 1. The van der Waals surface area contributed by atoms with Crippen LogP contribution in [-0.2, 0) is 11.2 Å². The summed E-state index contributed by atoms with van der Waals surface area (Å²) in [4.78, 5) is 14.6. The van der Waals surface area contributed by atoms with E-state index >= 15 is 0 Å². The highest BCUT2D eigenvalue weighted by Gasteiger charge is 2.20. The maximum Gasteiger partial charge on any atom is 0.227 e. The zero-order valence-corrected chi connectivity index (χ0v) is 13.5. The van der Waals surface area contributed by atoms with Crippen LogP contribution in [0.1, 0.15) is 45.6 Å². The topological polar surface area (TPSA) is 29.5 Å². The Labute approximate surface area is 128 Å². The lowest BCUT2D eigenvalue weighted by molar-refractivity contribution is -0.130. The number of carbonyl (C=O) groups is 1. The molecule has 1 saturated heterocycles. The Morgan fingerprint density at radius 2 is 2.10 bits per heavy atom. The minimum atomic E-state index is 0.125. The molecule has 21 heavy (non-hydrogen) atoms. The van der Waals surface area contributed by atoms with Crippen LogP contribution in [0, 0.1) is 5.92 Å². The monoisotopic (exact) mass is 289 g/mol. The van der Waals surface area contributed by atoms with E-state index in [1.165, 1.54) is 12.8 Å². The van der Waals surface area contributed by atoms with E-state index in [4.69, 9.17) is 4.74 Å². The third-order valence-electron chi connectivity index (χ3n) is 3.94. The lowest BCUT2D eigenvalue weighted by Crippen LogP contribution is -2.35. The van der Waals surface area contributed by atoms with Crippen LogP contribution in [0.4, 0.5) is 0 Å². The van der Waals surface area contributed by atoms with Crippen LogP contribution in [0.3, 0.4) is 0 Å². The van der Waals surface area contributed by atoms with Gasteiger partial charge in [-0.1, -0.05) is 31.5 Å². The fraction of sp³-hybridized carbons (Fsp3) is 0.611. The summed E-state index contributed by atoms with van der Waals surface area (Å²) >= 11 is 0. The molecule has 3 heteroatoms. The summed E-state index contributed by atoms with van der Waals surface area (Å²) in [6, 6.07) is 7.88. The second-order valence-electron chi connectivity index (χ2n) is 6.39. The molecule has 0 radical (unpaired) electrons. The quantitative estimate of drug-likeness (QED) is 0.846. The van der Waals surface area contributed by atoms with Gasteiger partial charge in [0.25, 0.3) is 0 Å². The first-order valence-electron chi connectivity index (χ1n) is 8.08. The van der Waals surface area contributed by atoms with Crippen molar-refractivity contribution < 1.29 is 9.53 Å². The van der Waals surface area contributed by atoms with Crippen LogP contribution >= 0.6 is 0 Å². The molecule has 0 aliphatic carbocycles. The van der Waals surface area contributed by atoms with Gasteiger partial charge in [0.1, 0.15) is 5.75 Å².